The number of benzene rings is 3. The Morgan fingerprint density at radius 3 is 2.40 bits per heavy atom. The van der Waals surface area contributed by atoms with Crippen molar-refractivity contribution in [1.82, 2.24) is 9.78 Å². The lowest BCUT2D eigenvalue weighted by Gasteiger charge is -2.23. The molecule has 4 rings (SSSR count). The van der Waals surface area contributed by atoms with Gasteiger partial charge in [-0.2, -0.15) is 18.3 Å². The Kier molecular flexibility index (Phi) is 6.19. The molecule has 0 fully saturated rings. The van der Waals surface area contributed by atoms with Gasteiger partial charge in [-0.1, -0.05) is 18.2 Å². The second kappa shape index (κ2) is 8.98. The molecular formula is C26H23F3N2O4. The van der Waals surface area contributed by atoms with Gasteiger partial charge >= 0.3 is 12.1 Å². The number of aromatic nitrogens is 2. The SMILES string of the molecule is Cc1cc(OCc2cccc3cnn(-c4ccc(C(F)(F)F)cc4)c23)ccc1OC(C)(C)C(=O)O. The van der Waals surface area contributed by atoms with Crippen molar-refractivity contribution >= 4 is 16.9 Å². The number of para-hydroxylation sites is 1. The van der Waals surface area contributed by atoms with Crippen LogP contribution in [0.4, 0.5) is 13.2 Å². The quantitative estimate of drug-likeness (QED) is 0.339. The van der Waals surface area contributed by atoms with Crippen LogP contribution >= 0.6 is 0 Å². The summed E-state index contributed by atoms with van der Waals surface area (Å²) in [4.78, 5) is 11.3. The summed E-state index contributed by atoms with van der Waals surface area (Å²) in [5, 5.41) is 14.5. The number of hydrogen-bond donors (Lipinski definition) is 1. The number of nitrogens with zero attached hydrogens (tertiary/aromatic N) is 2. The maximum absolute atomic E-state index is 12.9. The normalized spacial score (nSPS) is 12.1. The van der Waals surface area contributed by atoms with E-state index >= 15 is 0 Å². The second-order valence-electron chi connectivity index (χ2n) is 8.59. The summed E-state index contributed by atoms with van der Waals surface area (Å²) < 4.78 is 52.0. The third kappa shape index (κ3) is 5.08. The highest BCUT2D eigenvalue weighted by molar-refractivity contribution is 5.83. The lowest BCUT2D eigenvalue weighted by Crippen LogP contribution is -2.38. The Bertz CT molecular complexity index is 1380. The maximum Gasteiger partial charge on any atom is 0.416 e. The van der Waals surface area contributed by atoms with Gasteiger partial charge in [0.05, 0.1) is 23.0 Å². The van der Waals surface area contributed by atoms with Crippen molar-refractivity contribution in [1.29, 1.82) is 0 Å². The van der Waals surface area contributed by atoms with E-state index in [1.807, 2.05) is 18.2 Å². The van der Waals surface area contributed by atoms with Gasteiger partial charge in [-0.25, -0.2) is 9.48 Å². The van der Waals surface area contributed by atoms with Gasteiger partial charge in [-0.3, -0.25) is 0 Å². The fourth-order valence-electron chi connectivity index (χ4n) is 3.56. The first-order valence-corrected chi connectivity index (χ1v) is 10.7. The summed E-state index contributed by atoms with van der Waals surface area (Å²) in [6, 6.07) is 15.5. The first kappa shape index (κ1) is 24.1. The van der Waals surface area contributed by atoms with Crippen LogP contribution in [0.1, 0.15) is 30.5 Å². The van der Waals surface area contributed by atoms with E-state index in [2.05, 4.69) is 5.10 Å². The predicted molar refractivity (Wildman–Crippen MR) is 124 cm³/mol. The Balaban J connectivity index is 1.57. The van der Waals surface area contributed by atoms with Gasteiger partial charge in [-0.15, -0.1) is 0 Å². The number of carboxylic acid groups (broad SMARTS) is 1. The molecule has 0 aliphatic carbocycles. The highest BCUT2D eigenvalue weighted by Crippen LogP contribution is 2.31. The molecule has 0 bridgehead atoms. The fourth-order valence-corrected chi connectivity index (χ4v) is 3.56. The smallest absolute Gasteiger partial charge is 0.416 e. The molecule has 0 amide bonds. The second-order valence-corrected chi connectivity index (χ2v) is 8.59. The van der Waals surface area contributed by atoms with E-state index in [0.717, 1.165) is 28.6 Å². The molecule has 9 heteroatoms. The Morgan fingerprint density at radius 1 is 1.06 bits per heavy atom. The molecule has 0 unspecified atom stereocenters. The minimum absolute atomic E-state index is 0.184. The molecule has 182 valence electrons. The number of aliphatic carboxylic acids is 1. The van der Waals surface area contributed by atoms with Gasteiger partial charge in [0.15, 0.2) is 5.60 Å². The number of carbonyl (C=O) groups is 1. The van der Waals surface area contributed by atoms with Crippen LogP contribution in [0, 0.1) is 6.92 Å². The van der Waals surface area contributed by atoms with Crippen molar-refractivity contribution in [3.8, 4) is 17.2 Å². The van der Waals surface area contributed by atoms with E-state index < -0.39 is 23.3 Å². The number of carboxylic acids is 1. The molecule has 35 heavy (non-hydrogen) atoms. The van der Waals surface area contributed by atoms with Gasteiger partial charge in [0, 0.05) is 10.9 Å². The van der Waals surface area contributed by atoms with Crippen molar-refractivity contribution in [3.63, 3.8) is 0 Å². The maximum atomic E-state index is 12.9. The summed E-state index contributed by atoms with van der Waals surface area (Å²) >= 11 is 0. The van der Waals surface area contributed by atoms with Crippen LogP contribution < -0.4 is 9.47 Å². The highest BCUT2D eigenvalue weighted by atomic mass is 19.4. The summed E-state index contributed by atoms with van der Waals surface area (Å²) in [7, 11) is 0. The first-order valence-electron chi connectivity index (χ1n) is 10.7. The van der Waals surface area contributed by atoms with Crippen LogP contribution in [0.5, 0.6) is 11.5 Å². The van der Waals surface area contributed by atoms with Gasteiger partial charge in [0.1, 0.15) is 18.1 Å². The molecule has 0 saturated heterocycles. The number of aryl methyl sites for hydroxylation is 1. The topological polar surface area (TPSA) is 73.6 Å². The predicted octanol–water partition coefficient (Wildman–Crippen LogP) is 6.17. The van der Waals surface area contributed by atoms with Crippen LogP contribution in [0.15, 0.2) is 66.9 Å². The number of alkyl halides is 3. The lowest BCUT2D eigenvalue weighted by atomic mass is 10.1. The van der Waals surface area contributed by atoms with Crippen molar-refractivity contribution in [2.75, 3.05) is 0 Å². The van der Waals surface area contributed by atoms with Crippen molar-refractivity contribution in [2.24, 2.45) is 0 Å². The Hall–Kier alpha value is -4.01. The molecular weight excluding hydrogens is 461 g/mol. The zero-order valence-corrected chi connectivity index (χ0v) is 19.3. The van der Waals surface area contributed by atoms with Crippen LogP contribution in [-0.2, 0) is 17.6 Å². The molecule has 0 atom stereocenters. The molecule has 1 N–H and O–H groups in total. The number of rotatable bonds is 7. The largest absolute Gasteiger partial charge is 0.489 e. The summed E-state index contributed by atoms with van der Waals surface area (Å²) in [5.74, 6) is -0.0808. The zero-order valence-electron chi connectivity index (χ0n) is 19.3. The lowest BCUT2D eigenvalue weighted by molar-refractivity contribution is -0.152. The molecule has 0 radical (unpaired) electrons. The number of hydrogen-bond acceptors (Lipinski definition) is 4. The van der Waals surface area contributed by atoms with E-state index in [0.29, 0.717) is 22.7 Å². The highest BCUT2D eigenvalue weighted by Gasteiger charge is 2.31. The minimum Gasteiger partial charge on any atom is -0.489 e. The standard InChI is InChI=1S/C26H23F3N2O4/c1-16-13-21(11-12-22(16)35-25(2,3)24(32)33)34-15-18-6-4-5-17-14-30-31(23(17)18)20-9-7-19(8-10-20)26(27,28)29/h4-14H,15H2,1-3H3,(H,32,33). The minimum atomic E-state index is -4.41. The van der Waals surface area contributed by atoms with E-state index in [4.69, 9.17) is 9.47 Å². The molecule has 6 nitrogen and oxygen atoms in total. The molecule has 0 saturated carbocycles. The third-order valence-electron chi connectivity index (χ3n) is 5.53. The molecule has 3 aromatic carbocycles. The molecule has 1 heterocycles. The van der Waals surface area contributed by atoms with Gasteiger partial charge in [0.2, 0.25) is 0 Å². The van der Waals surface area contributed by atoms with Crippen molar-refractivity contribution in [2.45, 2.75) is 39.2 Å². The number of halogens is 3. The number of ether oxygens (including phenoxy) is 2. The van der Waals surface area contributed by atoms with Crippen LogP contribution in [-0.4, -0.2) is 26.5 Å². The molecule has 4 aromatic rings. The van der Waals surface area contributed by atoms with Gasteiger partial charge in [-0.05, 0) is 68.8 Å². The van der Waals surface area contributed by atoms with Crippen LogP contribution in [0.2, 0.25) is 0 Å². The Labute approximate surface area is 199 Å². The van der Waals surface area contributed by atoms with E-state index in [1.54, 1.807) is 36.0 Å². The summed E-state index contributed by atoms with van der Waals surface area (Å²) in [6.45, 7) is 4.92. The van der Waals surface area contributed by atoms with E-state index in [-0.39, 0.29) is 6.61 Å². The monoisotopic (exact) mass is 484 g/mol. The van der Waals surface area contributed by atoms with E-state index in [9.17, 15) is 23.1 Å². The van der Waals surface area contributed by atoms with Crippen molar-refractivity contribution in [3.05, 3.63) is 83.6 Å². The van der Waals surface area contributed by atoms with Gasteiger partial charge in [0.25, 0.3) is 0 Å². The molecule has 1 aromatic heterocycles. The van der Waals surface area contributed by atoms with Crippen LogP contribution in [0.3, 0.4) is 0 Å². The number of fused-ring (bicyclic) bond motifs is 1. The van der Waals surface area contributed by atoms with Crippen LogP contribution in [0.25, 0.3) is 16.6 Å². The fraction of sp³-hybridized carbons (Fsp3) is 0.231. The first-order chi connectivity index (χ1) is 16.5. The van der Waals surface area contributed by atoms with E-state index in [1.165, 1.54) is 26.0 Å². The average Bonchev–Trinajstić information content (AvgIpc) is 3.23. The molecule has 0 aliphatic heterocycles. The molecule has 0 aliphatic rings. The van der Waals surface area contributed by atoms with Crippen molar-refractivity contribution < 1.29 is 32.5 Å². The Morgan fingerprint density at radius 2 is 1.77 bits per heavy atom. The summed E-state index contributed by atoms with van der Waals surface area (Å²) in [5.41, 5.74) is 0.635. The molecule has 0 spiro atoms. The average molecular weight is 484 g/mol. The zero-order chi connectivity index (χ0) is 25.4. The van der Waals surface area contributed by atoms with Gasteiger partial charge < -0.3 is 14.6 Å². The third-order valence-corrected chi connectivity index (χ3v) is 5.53. The summed E-state index contributed by atoms with van der Waals surface area (Å²) in [6.07, 6.45) is -2.76.